The number of aryl methyl sites for hydroxylation is 1. The number of aromatic nitrogens is 2. The maximum Gasteiger partial charge on any atom is 0.200 e. The molecule has 4 nitrogen and oxygen atoms in total. The molecule has 0 atom stereocenters. The van der Waals surface area contributed by atoms with E-state index in [0.717, 1.165) is 6.42 Å². The zero-order valence-electron chi connectivity index (χ0n) is 6.74. The standard InChI is InChI=1S/C8H9N3O/c1-2-6-11-8-7(12-6)5(9)3-4-10-8/h3-4H,2H2,1H3,(H2,9,10). The Hall–Kier alpha value is -1.58. The number of nitrogen functional groups attached to an aromatic ring is 1. The van der Waals surface area contributed by atoms with Gasteiger partial charge in [-0.05, 0) is 6.07 Å². The van der Waals surface area contributed by atoms with Crippen LogP contribution in [0, 0.1) is 0 Å². The predicted molar refractivity (Wildman–Crippen MR) is 45.6 cm³/mol. The summed E-state index contributed by atoms with van der Waals surface area (Å²) in [5.74, 6) is 0.676. The van der Waals surface area contributed by atoms with Gasteiger partial charge in [0.2, 0.25) is 5.65 Å². The van der Waals surface area contributed by atoms with E-state index in [1.54, 1.807) is 12.3 Å². The second-order valence-electron chi connectivity index (χ2n) is 2.51. The van der Waals surface area contributed by atoms with Crippen molar-refractivity contribution in [1.29, 1.82) is 0 Å². The molecule has 2 aromatic rings. The van der Waals surface area contributed by atoms with Crippen LogP contribution in [0.5, 0.6) is 0 Å². The van der Waals surface area contributed by atoms with Gasteiger partial charge in [-0.2, -0.15) is 4.98 Å². The van der Waals surface area contributed by atoms with Crippen molar-refractivity contribution in [3.8, 4) is 0 Å². The van der Waals surface area contributed by atoms with Crippen LogP contribution in [0.1, 0.15) is 12.8 Å². The average molecular weight is 163 g/mol. The summed E-state index contributed by atoms with van der Waals surface area (Å²) >= 11 is 0. The lowest BCUT2D eigenvalue weighted by molar-refractivity contribution is 0.539. The third-order valence-electron chi connectivity index (χ3n) is 1.67. The largest absolute Gasteiger partial charge is 0.437 e. The molecule has 0 saturated carbocycles. The molecular formula is C8H9N3O. The first-order chi connectivity index (χ1) is 5.81. The average Bonchev–Trinajstić information content (AvgIpc) is 2.49. The second kappa shape index (κ2) is 2.48. The molecule has 0 aliphatic heterocycles. The molecule has 2 heterocycles. The molecule has 0 bridgehead atoms. The molecule has 0 aliphatic rings. The molecule has 12 heavy (non-hydrogen) atoms. The van der Waals surface area contributed by atoms with Gasteiger partial charge in [-0.25, -0.2) is 4.98 Å². The number of oxazole rings is 1. The first-order valence-electron chi connectivity index (χ1n) is 3.81. The topological polar surface area (TPSA) is 64.9 Å². The summed E-state index contributed by atoms with van der Waals surface area (Å²) in [6.45, 7) is 1.97. The van der Waals surface area contributed by atoms with Gasteiger partial charge in [0.05, 0.1) is 5.69 Å². The molecule has 4 heteroatoms. The quantitative estimate of drug-likeness (QED) is 0.689. The number of anilines is 1. The number of fused-ring (bicyclic) bond motifs is 1. The van der Waals surface area contributed by atoms with Gasteiger partial charge in [0, 0.05) is 12.6 Å². The highest BCUT2D eigenvalue weighted by molar-refractivity contribution is 5.81. The molecule has 2 N–H and O–H groups in total. The Morgan fingerprint density at radius 1 is 1.58 bits per heavy atom. The zero-order valence-corrected chi connectivity index (χ0v) is 6.74. The fourth-order valence-electron chi connectivity index (χ4n) is 1.05. The monoisotopic (exact) mass is 163 g/mol. The summed E-state index contributed by atoms with van der Waals surface area (Å²) in [4.78, 5) is 8.16. The molecule has 0 radical (unpaired) electrons. The highest BCUT2D eigenvalue weighted by atomic mass is 16.3. The highest BCUT2D eigenvalue weighted by Crippen LogP contribution is 2.19. The minimum absolute atomic E-state index is 0.590. The van der Waals surface area contributed by atoms with E-state index in [-0.39, 0.29) is 0 Å². The minimum Gasteiger partial charge on any atom is -0.437 e. The van der Waals surface area contributed by atoms with Gasteiger partial charge in [-0.3, -0.25) is 0 Å². The van der Waals surface area contributed by atoms with Crippen molar-refractivity contribution in [2.75, 3.05) is 5.73 Å². The van der Waals surface area contributed by atoms with Crippen LogP contribution in [0.4, 0.5) is 5.69 Å². The Balaban J connectivity index is 2.74. The zero-order chi connectivity index (χ0) is 8.55. The first-order valence-corrected chi connectivity index (χ1v) is 3.81. The fourth-order valence-corrected chi connectivity index (χ4v) is 1.05. The van der Waals surface area contributed by atoms with Crippen LogP contribution in [0.25, 0.3) is 11.2 Å². The van der Waals surface area contributed by atoms with Crippen LogP contribution in [0.3, 0.4) is 0 Å². The third kappa shape index (κ3) is 0.922. The van der Waals surface area contributed by atoms with Crippen LogP contribution < -0.4 is 5.73 Å². The molecule has 0 saturated heterocycles. The molecule has 0 unspecified atom stereocenters. The van der Waals surface area contributed by atoms with Crippen molar-refractivity contribution < 1.29 is 4.42 Å². The van der Waals surface area contributed by atoms with Crippen molar-refractivity contribution in [1.82, 2.24) is 9.97 Å². The summed E-state index contributed by atoms with van der Waals surface area (Å²) in [6, 6.07) is 1.70. The van der Waals surface area contributed by atoms with Crippen LogP contribution >= 0.6 is 0 Å². The molecule has 0 fully saturated rings. The maximum atomic E-state index is 5.65. The van der Waals surface area contributed by atoms with Crippen LogP contribution in [-0.2, 0) is 6.42 Å². The summed E-state index contributed by atoms with van der Waals surface area (Å²) in [6.07, 6.45) is 2.38. The van der Waals surface area contributed by atoms with Crippen molar-refractivity contribution in [2.24, 2.45) is 0 Å². The van der Waals surface area contributed by atoms with E-state index >= 15 is 0 Å². The van der Waals surface area contributed by atoms with Crippen LogP contribution in [0.15, 0.2) is 16.7 Å². The van der Waals surface area contributed by atoms with Gasteiger partial charge in [0.15, 0.2) is 11.5 Å². The highest BCUT2D eigenvalue weighted by Gasteiger charge is 2.06. The van der Waals surface area contributed by atoms with Crippen molar-refractivity contribution in [3.05, 3.63) is 18.2 Å². The smallest absolute Gasteiger partial charge is 0.200 e. The van der Waals surface area contributed by atoms with E-state index in [2.05, 4.69) is 9.97 Å². The van der Waals surface area contributed by atoms with E-state index in [4.69, 9.17) is 10.2 Å². The number of hydrogen-bond donors (Lipinski definition) is 1. The molecule has 0 aliphatic carbocycles. The fraction of sp³-hybridized carbons (Fsp3) is 0.250. The van der Waals surface area contributed by atoms with Gasteiger partial charge in [0.1, 0.15) is 0 Å². The Labute approximate surface area is 69.4 Å². The summed E-state index contributed by atoms with van der Waals surface area (Å²) < 4.78 is 5.35. The van der Waals surface area contributed by atoms with Gasteiger partial charge < -0.3 is 10.2 Å². The van der Waals surface area contributed by atoms with Gasteiger partial charge in [0.25, 0.3) is 0 Å². The number of pyridine rings is 1. The van der Waals surface area contributed by atoms with Crippen molar-refractivity contribution in [3.63, 3.8) is 0 Å². The first kappa shape index (κ1) is 7.09. The minimum atomic E-state index is 0.590. The number of nitrogens with two attached hydrogens (primary N) is 1. The van der Waals surface area contributed by atoms with Crippen molar-refractivity contribution >= 4 is 16.9 Å². The Kier molecular flexibility index (Phi) is 1.46. The van der Waals surface area contributed by atoms with E-state index in [1.165, 1.54) is 0 Å². The van der Waals surface area contributed by atoms with Crippen molar-refractivity contribution in [2.45, 2.75) is 13.3 Å². The van der Waals surface area contributed by atoms with E-state index in [1.807, 2.05) is 6.92 Å². The lowest BCUT2D eigenvalue weighted by Gasteiger charge is -1.89. The number of nitrogens with zero attached hydrogens (tertiary/aromatic N) is 2. The summed E-state index contributed by atoms with van der Waals surface area (Å²) in [7, 11) is 0. The van der Waals surface area contributed by atoms with E-state index < -0.39 is 0 Å². The normalized spacial score (nSPS) is 10.8. The molecule has 62 valence electrons. The Morgan fingerprint density at radius 2 is 2.42 bits per heavy atom. The number of hydrogen-bond acceptors (Lipinski definition) is 4. The summed E-state index contributed by atoms with van der Waals surface area (Å²) in [5.41, 5.74) is 7.42. The van der Waals surface area contributed by atoms with E-state index in [9.17, 15) is 0 Å². The lowest BCUT2D eigenvalue weighted by Crippen LogP contribution is -1.85. The van der Waals surface area contributed by atoms with Gasteiger partial charge >= 0.3 is 0 Å². The molecule has 2 aromatic heterocycles. The van der Waals surface area contributed by atoms with Crippen LogP contribution in [-0.4, -0.2) is 9.97 Å². The SMILES string of the molecule is CCc1nc2nccc(N)c2o1. The molecule has 0 spiro atoms. The second-order valence-corrected chi connectivity index (χ2v) is 2.51. The summed E-state index contributed by atoms with van der Waals surface area (Å²) in [5, 5.41) is 0. The Morgan fingerprint density at radius 3 is 3.08 bits per heavy atom. The van der Waals surface area contributed by atoms with Crippen LogP contribution in [0.2, 0.25) is 0 Å². The Bertz CT molecular complexity index is 408. The van der Waals surface area contributed by atoms with Gasteiger partial charge in [-0.1, -0.05) is 6.92 Å². The molecule has 0 amide bonds. The van der Waals surface area contributed by atoms with E-state index in [0.29, 0.717) is 22.8 Å². The lowest BCUT2D eigenvalue weighted by atomic mass is 10.4. The van der Waals surface area contributed by atoms with Gasteiger partial charge in [-0.15, -0.1) is 0 Å². The molecule has 2 rings (SSSR count). The maximum absolute atomic E-state index is 5.65. The number of rotatable bonds is 1. The molecular weight excluding hydrogens is 154 g/mol. The predicted octanol–water partition coefficient (Wildman–Crippen LogP) is 1.37. The molecule has 0 aromatic carbocycles. The third-order valence-corrected chi connectivity index (χ3v) is 1.67.